The van der Waals surface area contributed by atoms with Crippen LogP contribution in [-0.4, -0.2) is 18.4 Å². The van der Waals surface area contributed by atoms with Crippen molar-refractivity contribution < 1.29 is 9.59 Å². The summed E-state index contributed by atoms with van der Waals surface area (Å²) in [6.45, 7) is 4.16. The number of amides is 2. The second-order valence-electron chi connectivity index (χ2n) is 7.08. The van der Waals surface area contributed by atoms with Gasteiger partial charge in [0.2, 0.25) is 5.66 Å². The molecule has 0 saturated heterocycles. The molecule has 0 bridgehead atoms. The van der Waals surface area contributed by atoms with Gasteiger partial charge < -0.3 is 10.2 Å². The largest absolute Gasteiger partial charge is 0.350 e. The minimum Gasteiger partial charge on any atom is -0.350 e. The highest BCUT2D eigenvalue weighted by Crippen LogP contribution is 2.49. The van der Waals surface area contributed by atoms with Gasteiger partial charge in [-0.2, -0.15) is 0 Å². The number of nitrogens with one attached hydrogen (secondary N) is 1. The first-order chi connectivity index (χ1) is 14.2. The fourth-order valence-electron chi connectivity index (χ4n) is 4.27. The van der Waals surface area contributed by atoms with Gasteiger partial charge >= 0.3 is 0 Å². The van der Waals surface area contributed by atoms with Crippen LogP contribution in [0.3, 0.4) is 0 Å². The van der Waals surface area contributed by atoms with Gasteiger partial charge in [0.1, 0.15) is 0 Å². The van der Waals surface area contributed by atoms with Gasteiger partial charge in [0.15, 0.2) is 0 Å². The van der Waals surface area contributed by atoms with Crippen LogP contribution in [0.2, 0.25) is 0 Å². The summed E-state index contributed by atoms with van der Waals surface area (Å²) in [6, 6.07) is 24.2. The zero-order valence-corrected chi connectivity index (χ0v) is 15.7. The van der Waals surface area contributed by atoms with Crippen LogP contribution >= 0.6 is 0 Å². The third-order valence-electron chi connectivity index (χ3n) is 5.48. The average Bonchev–Trinajstić information content (AvgIpc) is 2.98. The predicted octanol–water partition coefficient (Wildman–Crippen LogP) is 4.14. The highest BCUT2D eigenvalue weighted by atomic mass is 16.2. The molecule has 0 aromatic heterocycles. The van der Waals surface area contributed by atoms with Gasteiger partial charge in [-0.15, -0.1) is 6.58 Å². The Bertz CT molecular complexity index is 1140. The van der Waals surface area contributed by atoms with Crippen LogP contribution < -0.4 is 15.1 Å². The normalized spacial score (nSPS) is 19.7. The van der Waals surface area contributed by atoms with Crippen LogP contribution in [0, 0.1) is 0 Å². The molecule has 2 heterocycles. The molecule has 1 atom stereocenters. The minimum atomic E-state index is -1.35. The molecule has 0 radical (unpaired) electrons. The lowest BCUT2D eigenvalue weighted by Crippen LogP contribution is -2.63. The van der Waals surface area contributed by atoms with Crippen molar-refractivity contribution in [1.82, 2.24) is 0 Å². The summed E-state index contributed by atoms with van der Waals surface area (Å²) in [5.41, 5.74) is 2.01. The number of para-hydroxylation sites is 3. The van der Waals surface area contributed by atoms with E-state index in [1.807, 2.05) is 72.8 Å². The second kappa shape index (κ2) is 6.34. The number of carbonyl (C=O) groups excluding carboxylic acids is 2. The maximum Gasteiger partial charge on any atom is 0.279 e. The van der Waals surface area contributed by atoms with Gasteiger partial charge in [-0.1, -0.05) is 54.6 Å². The molecule has 1 spiro atoms. The lowest BCUT2D eigenvalue weighted by molar-refractivity contribution is -0.122. The van der Waals surface area contributed by atoms with Gasteiger partial charge in [0.05, 0.1) is 11.3 Å². The first-order valence-corrected chi connectivity index (χ1v) is 9.47. The van der Waals surface area contributed by atoms with Crippen LogP contribution in [0.5, 0.6) is 0 Å². The Kier molecular flexibility index (Phi) is 3.77. The van der Waals surface area contributed by atoms with Gasteiger partial charge in [0, 0.05) is 23.5 Å². The van der Waals surface area contributed by atoms with Crippen molar-refractivity contribution in [3.05, 3.63) is 103 Å². The Hall–Kier alpha value is -3.86. The van der Waals surface area contributed by atoms with E-state index in [-0.39, 0.29) is 11.8 Å². The SMILES string of the molecule is C=CCN1C(=O)[C@@]2(Nc3ccccc3C(=O)N2c2ccccc2)c2ccccc21. The molecule has 1 N–H and O–H groups in total. The van der Waals surface area contributed by atoms with Crippen LogP contribution in [0.4, 0.5) is 17.1 Å². The van der Waals surface area contributed by atoms with Crippen LogP contribution in [0.25, 0.3) is 0 Å². The topological polar surface area (TPSA) is 52.7 Å². The van der Waals surface area contributed by atoms with Crippen molar-refractivity contribution in [2.75, 3.05) is 21.7 Å². The standard InChI is InChI=1S/C24H19N3O2/c1-2-16-26-21-15-9-7-13-19(21)24(23(26)29)25-20-14-8-6-12-18(20)22(28)27(24)17-10-4-3-5-11-17/h2-15,25H,1,16H2/t24-/m1/s1. The van der Waals surface area contributed by atoms with Crippen molar-refractivity contribution in [3.63, 3.8) is 0 Å². The van der Waals surface area contributed by atoms with Crippen molar-refractivity contribution in [2.45, 2.75) is 5.66 Å². The molecule has 5 heteroatoms. The predicted molar refractivity (Wildman–Crippen MR) is 114 cm³/mol. The van der Waals surface area contributed by atoms with Crippen LogP contribution in [0.1, 0.15) is 15.9 Å². The van der Waals surface area contributed by atoms with Crippen molar-refractivity contribution in [2.24, 2.45) is 0 Å². The Morgan fingerprint density at radius 3 is 2.38 bits per heavy atom. The molecule has 0 fully saturated rings. The Morgan fingerprint density at radius 2 is 1.59 bits per heavy atom. The van der Waals surface area contributed by atoms with Crippen LogP contribution in [-0.2, 0) is 10.5 Å². The van der Waals surface area contributed by atoms with E-state index in [1.54, 1.807) is 21.9 Å². The molecule has 29 heavy (non-hydrogen) atoms. The van der Waals surface area contributed by atoms with E-state index in [0.29, 0.717) is 23.5 Å². The van der Waals surface area contributed by atoms with Gasteiger partial charge in [-0.05, 0) is 30.3 Å². The molecule has 3 aromatic carbocycles. The molecule has 0 unspecified atom stereocenters. The summed E-state index contributed by atoms with van der Waals surface area (Å²) in [5.74, 6) is -0.417. The molecule has 3 aromatic rings. The highest BCUT2D eigenvalue weighted by molar-refractivity contribution is 6.22. The number of fused-ring (bicyclic) bond motifs is 3. The average molecular weight is 381 g/mol. The maximum atomic E-state index is 13.9. The summed E-state index contributed by atoms with van der Waals surface area (Å²) in [5, 5.41) is 3.43. The van der Waals surface area contributed by atoms with Crippen molar-refractivity contribution in [3.8, 4) is 0 Å². The van der Waals surface area contributed by atoms with E-state index >= 15 is 0 Å². The Labute approximate surface area is 168 Å². The summed E-state index contributed by atoms with van der Waals surface area (Å²) >= 11 is 0. The van der Waals surface area contributed by atoms with E-state index in [2.05, 4.69) is 11.9 Å². The third kappa shape index (κ3) is 2.27. The van der Waals surface area contributed by atoms with Gasteiger partial charge in [-0.3, -0.25) is 14.5 Å². The number of carbonyl (C=O) groups is 2. The fraction of sp³-hybridized carbons (Fsp3) is 0.0833. The van der Waals surface area contributed by atoms with Crippen LogP contribution in [0.15, 0.2) is 91.5 Å². The molecule has 2 amide bonds. The second-order valence-corrected chi connectivity index (χ2v) is 7.08. The molecular formula is C24H19N3O2. The summed E-state index contributed by atoms with van der Waals surface area (Å²) in [6.07, 6.45) is 1.69. The lowest BCUT2D eigenvalue weighted by Gasteiger charge is -2.45. The Balaban J connectivity index is 1.82. The fourth-order valence-corrected chi connectivity index (χ4v) is 4.27. The number of nitrogens with zero attached hydrogens (tertiary/aromatic N) is 2. The smallest absolute Gasteiger partial charge is 0.279 e. The van der Waals surface area contributed by atoms with Crippen molar-refractivity contribution in [1.29, 1.82) is 0 Å². The monoisotopic (exact) mass is 381 g/mol. The van der Waals surface area contributed by atoms with Crippen molar-refractivity contribution >= 4 is 28.9 Å². The van der Waals surface area contributed by atoms with E-state index in [0.717, 1.165) is 11.3 Å². The molecule has 0 aliphatic carbocycles. The number of hydrogen-bond donors (Lipinski definition) is 1. The van der Waals surface area contributed by atoms with E-state index in [1.165, 1.54) is 0 Å². The summed E-state index contributed by atoms with van der Waals surface area (Å²) in [7, 11) is 0. The van der Waals surface area contributed by atoms with Gasteiger partial charge in [-0.25, -0.2) is 0 Å². The Morgan fingerprint density at radius 1 is 0.897 bits per heavy atom. The summed E-state index contributed by atoms with van der Waals surface area (Å²) < 4.78 is 0. The third-order valence-corrected chi connectivity index (χ3v) is 5.48. The number of benzene rings is 3. The first-order valence-electron chi connectivity index (χ1n) is 9.47. The van der Waals surface area contributed by atoms with E-state index in [4.69, 9.17) is 0 Å². The molecule has 0 saturated carbocycles. The quantitative estimate of drug-likeness (QED) is 0.694. The zero-order chi connectivity index (χ0) is 20.0. The molecule has 5 rings (SSSR count). The molecule has 2 aliphatic rings. The maximum absolute atomic E-state index is 13.9. The summed E-state index contributed by atoms with van der Waals surface area (Å²) in [4.78, 5) is 30.8. The minimum absolute atomic E-state index is 0.203. The zero-order valence-electron chi connectivity index (χ0n) is 15.7. The lowest BCUT2D eigenvalue weighted by atomic mass is 9.92. The van der Waals surface area contributed by atoms with E-state index in [9.17, 15) is 9.59 Å². The molecular weight excluding hydrogens is 362 g/mol. The van der Waals surface area contributed by atoms with E-state index < -0.39 is 5.66 Å². The van der Waals surface area contributed by atoms with Gasteiger partial charge in [0.25, 0.3) is 11.8 Å². The molecule has 142 valence electrons. The molecule has 2 aliphatic heterocycles. The first kappa shape index (κ1) is 17.3. The number of anilines is 3. The molecule has 5 nitrogen and oxygen atoms in total. The number of rotatable bonds is 3. The number of hydrogen-bond acceptors (Lipinski definition) is 3. The highest BCUT2D eigenvalue weighted by Gasteiger charge is 2.59.